The van der Waals surface area contributed by atoms with Crippen molar-refractivity contribution in [3.05, 3.63) is 107 Å². The van der Waals surface area contributed by atoms with Gasteiger partial charge in [-0.25, -0.2) is 14.8 Å². The predicted octanol–water partition coefficient (Wildman–Crippen LogP) is 5.58. The molecule has 2 aliphatic rings. The van der Waals surface area contributed by atoms with Crippen LogP contribution in [0, 0.1) is 6.92 Å². The second-order valence-electron chi connectivity index (χ2n) is 9.23. The Morgan fingerprint density at radius 3 is 1.69 bits per heavy atom. The number of amides is 4. The molecule has 0 unspecified atom stereocenters. The maximum atomic E-state index is 13.5. The molecule has 0 saturated carbocycles. The van der Waals surface area contributed by atoms with Gasteiger partial charge in [-0.15, -0.1) is 11.3 Å². The van der Waals surface area contributed by atoms with E-state index < -0.39 is 23.6 Å². The van der Waals surface area contributed by atoms with Crippen molar-refractivity contribution in [2.24, 2.45) is 0 Å². The molecule has 0 aliphatic carbocycles. The topological polar surface area (TPSA) is 108 Å². The average Bonchev–Trinajstić information content (AvgIpc) is 3.57. The molecule has 9 heteroatoms. The monoisotopic (exact) mass is 531 g/mol. The van der Waals surface area contributed by atoms with E-state index in [-0.39, 0.29) is 50.5 Å². The highest BCUT2D eigenvalue weighted by Gasteiger charge is 2.42. The van der Waals surface area contributed by atoms with E-state index in [9.17, 15) is 24.3 Å². The molecule has 0 atom stereocenters. The highest BCUT2D eigenvalue weighted by Crippen LogP contribution is 2.49. The van der Waals surface area contributed by atoms with E-state index in [1.54, 1.807) is 55.5 Å². The van der Waals surface area contributed by atoms with Gasteiger partial charge in [0.1, 0.15) is 10.8 Å². The SMILES string of the molecule is Cc1c(N2C(=O)c3ccccc3C2=O)cc(-c2nc3ccccc3s2)c(O)c1N1C(=O)c2ccccc2C1=O. The summed E-state index contributed by atoms with van der Waals surface area (Å²) in [5.41, 5.74) is 2.08. The first-order valence-corrected chi connectivity index (χ1v) is 12.9. The number of fused-ring (bicyclic) bond motifs is 3. The number of hydrogen-bond acceptors (Lipinski definition) is 7. The molecule has 3 heterocycles. The van der Waals surface area contributed by atoms with Crippen LogP contribution in [0.3, 0.4) is 0 Å². The Morgan fingerprint density at radius 2 is 1.15 bits per heavy atom. The molecular weight excluding hydrogens is 514 g/mol. The Hall–Kier alpha value is -5.15. The van der Waals surface area contributed by atoms with Gasteiger partial charge in [-0.1, -0.05) is 36.4 Å². The van der Waals surface area contributed by atoms with Gasteiger partial charge in [0, 0.05) is 5.56 Å². The molecule has 39 heavy (non-hydrogen) atoms. The standard InChI is InChI=1S/C30H17N3O5S/c1-15-22(32-27(35)16-8-2-3-9-17(16)28(32)36)14-20(26-31-21-12-6-7-13-23(21)39-26)25(34)24(15)33-29(37)18-10-4-5-11-19(18)30(33)38/h2-14,34H,1H3. The maximum absolute atomic E-state index is 13.5. The van der Waals surface area contributed by atoms with Crippen LogP contribution in [-0.4, -0.2) is 33.7 Å². The first-order chi connectivity index (χ1) is 18.9. The molecule has 0 fully saturated rings. The number of rotatable bonds is 3. The van der Waals surface area contributed by atoms with Gasteiger partial charge in [0.2, 0.25) is 0 Å². The Bertz CT molecular complexity index is 1840. The van der Waals surface area contributed by atoms with Gasteiger partial charge >= 0.3 is 0 Å². The zero-order chi connectivity index (χ0) is 27.0. The van der Waals surface area contributed by atoms with Crippen molar-refractivity contribution >= 4 is 56.6 Å². The molecule has 2 aliphatic heterocycles. The van der Waals surface area contributed by atoms with Crippen LogP contribution in [0.4, 0.5) is 11.4 Å². The largest absolute Gasteiger partial charge is 0.505 e. The van der Waals surface area contributed by atoms with Gasteiger partial charge in [-0.2, -0.15) is 0 Å². The minimum atomic E-state index is -0.608. The Kier molecular flexibility index (Phi) is 4.82. The molecule has 8 nitrogen and oxygen atoms in total. The van der Waals surface area contributed by atoms with E-state index in [0.717, 1.165) is 14.5 Å². The van der Waals surface area contributed by atoms with E-state index in [1.165, 1.54) is 17.4 Å². The quantitative estimate of drug-likeness (QED) is 0.305. The normalized spacial score (nSPS) is 14.5. The van der Waals surface area contributed by atoms with Gasteiger partial charge in [0.25, 0.3) is 23.6 Å². The van der Waals surface area contributed by atoms with Crippen LogP contribution in [0.1, 0.15) is 47.0 Å². The summed E-state index contributed by atoms with van der Waals surface area (Å²) in [6, 6.07) is 21.8. The molecule has 0 bridgehead atoms. The number of imide groups is 2. The second kappa shape index (κ2) is 8.17. The van der Waals surface area contributed by atoms with Gasteiger partial charge in [0.05, 0.1) is 49.4 Å². The molecule has 1 N–H and O–H groups in total. The number of para-hydroxylation sites is 1. The summed E-state index contributed by atoms with van der Waals surface area (Å²) in [6.07, 6.45) is 0. The predicted molar refractivity (Wildman–Crippen MR) is 147 cm³/mol. The lowest BCUT2D eigenvalue weighted by molar-refractivity contribution is 0.0912. The van der Waals surface area contributed by atoms with E-state index in [2.05, 4.69) is 4.98 Å². The molecule has 5 aromatic rings. The first kappa shape index (κ1) is 23.0. The van der Waals surface area contributed by atoms with Crippen molar-refractivity contribution in [2.45, 2.75) is 6.92 Å². The molecule has 4 amide bonds. The van der Waals surface area contributed by atoms with E-state index in [4.69, 9.17) is 0 Å². The number of carbonyl (C=O) groups is 4. The zero-order valence-corrected chi connectivity index (χ0v) is 21.2. The van der Waals surface area contributed by atoms with Crippen LogP contribution in [0.15, 0.2) is 78.9 Å². The lowest BCUT2D eigenvalue weighted by Gasteiger charge is -2.25. The molecular formula is C30H17N3O5S. The number of thiazole rings is 1. The number of benzene rings is 4. The van der Waals surface area contributed by atoms with Crippen molar-refractivity contribution < 1.29 is 24.3 Å². The number of aromatic hydroxyl groups is 1. The number of phenolic OH excluding ortho intramolecular Hbond substituents is 1. The van der Waals surface area contributed by atoms with E-state index in [1.807, 2.05) is 24.3 Å². The minimum Gasteiger partial charge on any atom is -0.505 e. The Balaban J connectivity index is 1.50. The van der Waals surface area contributed by atoms with Gasteiger partial charge in [0.15, 0.2) is 0 Å². The molecule has 0 radical (unpaired) electrons. The summed E-state index contributed by atoms with van der Waals surface area (Å²) in [6.45, 7) is 1.57. The van der Waals surface area contributed by atoms with Gasteiger partial charge < -0.3 is 5.11 Å². The Morgan fingerprint density at radius 1 is 0.667 bits per heavy atom. The van der Waals surface area contributed by atoms with Gasteiger partial charge in [-0.3, -0.25) is 19.2 Å². The Labute approximate surface area is 225 Å². The molecule has 0 spiro atoms. The summed E-state index contributed by atoms with van der Waals surface area (Å²) in [5, 5.41) is 12.0. The van der Waals surface area contributed by atoms with Gasteiger partial charge in [-0.05, 0) is 49.4 Å². The fraction of sp³-hybridized carbons (Fsp3) is 0.0333. The fourth-order valence-electron chi connectivity index (χ4n) is 5.20. The third-order valence-corrected chi connectivity index (χ3v) is 8.15. The van der Waals surface area contributed by atoms with Crippen LogP contribution in [0.25, 0.3) is 20.8 Å². The third-order valence-electron chi connectivity index (χ3n) is 7.08. The third kappa shape index (κ3) is 3.14. The van der Waals surface area contributed by atoms with E-state index in [0.29, 0.717) is 10.5 Å². The summed E-state index contributed by atoms with van der Waals surface area (Å²) in [7, 11) is 0. The van der Waals surface area contributed by atoms with Crippen molar-refractivity contribution in [1.82, 2.24) is 4.98 Å². The molecule has 0 saturated heterocycles. The maximum Gasteiger partial charge on any atom is 0.266 e. The highest BCUT2D eigenvalue weighted by atomic mass is 32.1. The van der Waals surface area contributed by atoms with Crippen LogP contribution in [-0.2, 0) is 0 Å². The van der Waals surface area contributed by atoms with Crippen LogP contribution in [0.2, 0.25) is 0 Å². The average molecular weight is 532 g/mol. The summed E-state index contributed by atoms with van der Waals surface area (Å²) < 4.78 is 0.858. The second-order valence-corrected chi connectivity index (χ2v) is 10.3. The number of anilines is 2. The summed E-state index contributed by atoms with van der Waals surface area (Å²) >= 11 is 1.30. The number of nitrogens with zero attached hydrogens (tertiary/aromatic N) is 3. The lowest BCUT2D eigenvalue weighted by Crippen LogP contribution is -2.33. The fourth-order valence-corrected chi connectivity index (χ4v) is 6.18. The van der Waals surface area contributed by atoms with E-state index >= 15 is 0 Å². The molecule has 4 aromatic carbocycles. The number of hydrogen-bond donors (Lipinski definition) is 1. The summed E-state index contributed by atoms with van der Waals surface area (Å²) in [4.78, 5) is 60.4. The molecule has 1 aromatic heterocycles. The number of aromatic nitrogens is 1. The summed E-state index contributed by atoms with van der Waals surface area (Å²) in [5.74, 6) is -2.63. The van der Waals surface area contributed by atoms with Crippen LogP contribution >= 0.6 is 11.3 Å². The van der Waals surface area contributed by atoms with Crippen molar-refractivity contribution in [3.63, 3.8) is 0 Å². The molecule has 7 rings (SSSR count). The van der Waals surface area contributed by atoms with Crippen LogP contribution < -0.4 is 9.80 Å². The highest BCUT2D eigenvalue weighted by molar-refractivity contribution is 7.21. The van der Waals surface area contributed by atoms with Crippen molar-refractivity contribution in [1.29, 1.82) is 0 Å². The van der Waals surface area contributed by atoms with Crippen molar-refractivity contribution in [2.75, 3.05) is 9.80 Å². The zero-order valence-electron chi connectivity index (χ0n) is 20.3. The van der Waals surface area contributed by atoms with Crippen molar-refractivity contribution in [3.8, 4) is 16.3 Å². The minimum absolute atomic E-state index is 0.0930. The lowest BCUT2D eigenvalue weighted by atomic mass is 10.0. The number of carbonyl (C=O) groups excluding carboxylic acids is 4. The molecule has 188 valence electrons. The number of phenols is 1. The van der Waals surface area contributed by atoms with Crippen LogP contribution in [0.5, 0.6) is 5.75 Å². The first-order valence-electron chi connectivity index (χ1n) is 12.0. The smallest absolute Gasteiger partial charge is 0.266 e.